The number of aliphatic carboxylic acids is 1. The maximum atomic E-state index is 11.9. The molecule has 2 aliphatic rings. The summed E-state index contributed by atoms with van der Waals surface area (Å²) in [4.78, 5) is 24.9. The van der Waals surface area contributed by atoms with E-state index >= 15 is 0 Å². The molecule has 2 fully saturated rings. The Bertz CT molecular complexity index is 533. The number of carbonyl (C=O) groups is 2. The first-order valence-corrected chi connectivity index (χ1v) is 7.16. The first-order chi connectivity index (χ1) is 9.58. The van der Waals surface area contributed by atoms with Crippen LogP contribution in [-0.2, 0) is 9.59 Å². The summed E-state index contributed by atoms with van der Waals surface area (Å²) in [5.41, 5.74) is 2.25. The van der Waals surface area contributed by atoms with Crippen LogP contribution in [0.15, 0.2) is 24.3 Å². The van der Waals surface area contributed by atoms with E-state index in [-0.39, 0.29) is 11.9 Å². The molecule has 1 saturated heterocycles. The van der Waals surface area contributed by atoms with Gasteiger partial charge in [-0.15, -0.1) is 0 Å². The fourth-order valence-corrected chi connectivity index (χ4v) is 3.13. The van der Waals surface area contributed by atoms with E-state index in [0.29, 0.717) is 18.8 Å². The highest BCUT2D eigenvalue weighted by atomic mass is 16.4. The lowest BCUT2D eigenvalue weighted by Gasteiger charge is -2.37. The average Bonchev–Trinajstić information content (AvgIpc) is 3.26. The highest BCUT2D eigenvalue weighted by Crippen LogP contribution is 2.41. The van der Waals surface area contributed by atoms with Crippen molar-refractivity contribution >= 4 is 11.9 Å². The average molecular weight is 273 g/mol. The topological polar surface area (TPSA) is 57.6 Å². The van der Waals surface area contributed by atoms with Crippen LogP contribution in [-0.4, -0.2) is 28.9 Å². The van der Waals surface area contributed by atoms with Crippen molar-refractivity contribution in [1.82, 2.24) is 4.90 Å². The molecule has 0 aromatic heterocycles. The number of piperidine rings is 1. The van der Waals surface area contributed by atoms with Crippen molar-refractivity contribution < 1.29 is 14.7 Å². The fraction of sp³-hybridized carbons (Fsp3) is 0.500. The van der Waals surface area contributed by atoms with E-state index in [4.69, 9.17) is 0 Å². The third-order valence-corrected chi connectivity index (χ3v) is 4.50. The van der Waals surface area contributed by atoms with Crippen LogP contribution in [0.4, 0.5) is 0 Å². The van der Waals surface area contributed by atoms with Gasteiger partial charge in [-0.1, -0.05) is 24.3 Å². The van der Waals surface area contributed by atoms with Gasteiger partial charge in [-0.2, -0.15) is 0 Å². The van der Waals surface area contributed by atoms with Crippen LogP contribution >= 0.6 is 0 Å². The number of amides is 1. The summed E-state index contributed by atoms with van der Waals surface area (Å²) in [5.74, 6) is -0.617. The Morgan fingerprint density at radius 1 is 1.15 bits per heavy atom. The van der Waals surface area contributed by atoms with Gasteiger partial charge >= 0.3 is 5.97 Å². The number of likely N-dealkylation sites (tertiary alicyclic amines) is 1. The Morgan fingerprint density at radius 3 is 2.30 bits per heavy atom. The van der Waals surface area contributed by atoms with Crippen LogP contribution in [0.5, 0.6) is 0 Å². The second-order valence-corrected chi connectivity index (χ2v) is 5.87. The molecule has 1 aliphatic carbocycles. The standard InChI is InChI=1S/C16H19NO3/c1-17-14(18)9-8-13(16(19)20)15(17)12-6-4-11(5-7-12)10-2-3-10/h4-7,10,13,15H,2-3,8-9H2,1H3,(H,19,20). The van der Waals surface area contributed by atoms with E-state index < -0.39 is 11.9 Å². The largest absolute Gasteiger partial charge is 0.481 e. The molecule has 1 aromatic carbocycles. The smallest absolute Gasteiger partial charge is 0.308 e. The number of carboxylic acids is 1. The normalized spacial score (nSPS) is 26.6. The summed E-state index contributed by atoms with van der Waals surface area (Å²) in [5, 5.41) is 9.39. The van der Waals surface area contributed by atoms with Crippen molar-refractivity contribution in [3.05, 3.63) is 35.4 Å². The molecule has 1 aromatic rings. The molecule has 20 heavy (non-hydrogen) atoms. The van der Waals surface area contributed by atoms with Crippen LogP contribution in [0.1, 0.15) is 48.8 Å². The number of nitrogens with zero attached hydrogens (tertiary/aromatic N) is 1. The van der Waals surface area contributed by atoms with Crippen molar-refractivity contribution in [2.24, 2.45) is 5.92 Å². The highest BCUT2D eigenvalue weighted by Gasteiger charge is 2.38. The Morgan fingerprint density at radius 2 is 1.75 bits per heavy atom. The summed E-state index contributed by atoms with van der Waals surface area (Å²) in [6, 6.07) is 7.80. The van der Waals surface area contributed by atoms with Gasteiger partial charge in [0.05, 0.1) is 12.0 Å². The van der Waals surface area contributed by atoms with Gasteiger partial charge in [0.1, 0.15) is 0 Å². The lowest BCUT2D eigenvalue weighted by Crippen LogP contribution is -2.42. The second-order valence-electron chi connectivity index (χ2n) is 5.87. The predicted octanol–water partition coefficient (Wildman–Crippen LogP) is 2.56. The SMILES string of the molecule is CN1C(=O)CCC(C(=O)O)C1c1ccc(C2CC2)cc1. The number of benzene rings is 1. The summed E-state index contributed by atoms with van der Waals surface area (Å²) in [7, 11) is 1.71. The van der Waals surface area contributed by atoms with Gasteiger partial charge < -0.3 is 10.0 Å². The lowest BCUT2D eigenvalue weighted by molar-refractivity contribution is -0.150. The van der Waals surface area contributed by atoms with E-state index in [2.05, 4.69) is 12.1 Å². The molecular formula is C16H19NO3. The molecule has 1 N–H and O–H groups in total. The Hall–Kier alpha value is -1.84. The van der Waals surface area contributed by atoms with E-state index in [1.54, 1.807) is 11.9 Å². The molecule has 4 nitrogen and oxygen atoms in total. The zero-order valence-electron chi connectivity index (χ0n) is 11.6. The molecule has 1 saturated carbocycles. The highest BCUT2D eigenvalue weighted by molar-refractivity contribution is 5.81. The molecule has 2 atom stereocenters. The van der Waals surface area contributed by atoms with Gasteiger partial charge in [-0.3, -0.25) is 9.59 Å². The molecule has 1 aliphatic heterocycles. The molecule has 4 heteroatoms. The summed E-state index contributed by atoms with van der Waals surface area (Å²) in [6.45, 7) is 0. The molecule has 3 rings (SSSR count). The zero-order chi connectivity index (χ0) is 14.3. The summed E-state index contributed by atoms with van der Waals surface area (Å²) < 4.78 is 0. The van der Waals surface area contributed by atoms with Crippen LogP contribution in [0, 0.1) is 5.92 Å². The number of carboxylic acid groups (broad SMARTS) is 1. The summed E-state index contributed by atoms with van der Waals surface area (Å²) >= 11 is 0. The lowest BCUT2D eigenvalue weighted by atomic mass is 9.84. The van der Waals surface area contributed by atoms with Gasteiger partial charge in [0.15, 0.2) is 0 Å². The number of hydrogen-bond donors (Lipinski definition) is 1. The zero-order valence-corrected chi connectivity index (χ0v) is 11.6. The third-order valence-electron chi connectivity index (χ3n) is 4.50. The maximum Gasteiger partial charge on any atom is 0.308 e. The third kappa shape index (κ3) is 2.30. The van der Waals surface area contributed by atoms with Gasteiger partial charge in [0, 0.05) is 13.5 Å². The Labute approximate surface area is 118 Å². The maximum absolute atomic E-state index is 11.9. The molecule has 2 unspecified atom stereocenters. The van der Waals surface area contributed by atoms with Crippen LogP contribution < -0.4 is 0 Å². The fourth-order valence-electron chi connectivity index (χ4n) is 3.13. The van der Waals surface area contributed by atoms with Crippen LogP contribution in [0.25, 0.3) is 0 Å². The van der Waals surface area contributed by atoms with Crippen molar-refractivity contribution in [1.29, 1.82) is 0 Å². The van der Waals surface area contributed by atoms with Crippen molar-refractivity contribution in [3.8, 4) is 0 Å². The number of rotatable bonds is 3. The van der Waals surface area contributed by atoms with Gasteiger partial charge in [-0.05, 0) is 36.3 Å². The second kappa shape index (κ2) is 4.93. The molecule has 1 amide bonds. The van der Waals surface area contributed by atoms with Crippen LogP contribution in [0.2, 0.25) is 0 Å². The van der Waals surface area contributed by atoms with Crippen molar-refractivity contribution in [2.75, 3.05) is 7.05 Å². The quantitative estimate of drug-likeness (QED) is 0.920. The van der Waals surface area contributed by atoms with Crippen molar-refractivity contribution in [2.45, 2.75) is 37.6 Å². The van der Waals surface area contributed by atoms with Crippen LogP contribution in [0.3, 0.4) is 0 Å². The van der Waals surface area contributed by atoms with Gasteiger partial charge in [0.25, 0.3) is 0 Å². The monoisotopic (exact) mass is 273 g/mol. The molecule has 106 valence electrons. The Balaban J connectivity index is 1.90. The van der Waals surface area contributed by atoms with E-state index in [9.17, 15) is 14.7 Å². The molecule has 0 spiro atoms. The van der Waals surface area contributed by atoms with E-state index in [1.165, 1.54) is 18.4 Å². The first kappa shape index (κ1) is 13.2. The minimum absolute atomic E-state index is 0.0266. The first-order valence-electron chi connectivity index (χ1n) is 7.16. The van der Waals surface area contributed by atoms with E-state index in [0.717, 1.165) is 5.56 Å². The minimum atomic E-state index is -0.819. The molecule has 1 heterocycles. The number of carbonyl (C=O) groups excluding carboxylic acids is 1. The van der Waals surface area contributed by atoms with Gasteiger partial charge in [0.2, 0.25) is 5.91 Å². The molecule has 0 bridgehead atoms. The predicted molar refractivity (Wildman–Crippen MR) is 74.3 cm³/mol. The Kier molecular flexibility index (Phi) is 3.24. The molecular weight excluding hydrogens is 254 g/mol. The van der Waals surface area contributed by atoms with E-state index in [1.807, 2.05) is 12.1 Å². The minimum Gasteiger partial charge on any atom is -0.481 e. The van der Waals surface area contributed by atoms with Crippen molar-refractivity contribution in [3.63, 3.8) is 0 Å². The molecule has 0 radical (unpaired) electrons. The summed E-state index contributed by atoms with van der Waals surface area (Å²) in [6.07, 6.45) is 3.25. The number of hydrogen-bond acceptors (Lipinski definition) is 2. The van der Waals surface area contributed by atoms with Gasteiger partial charge in [-0.25, -0.2) is 0 Å².